The monoisotopic (exact) mass is 414 g/mol. The van der Waals surface area contributed by atoms with E-state index in [0.717, 1.165) is 11.1 Å². The van der Waals surface area contributed by atoms with Crippen molar-refractivity contribution in [2.24, 2.45) is 0 Å². The molecule has 160 valence electrons. The number of benzene rings is 2. The Morgan fingerprint density at radius 1 is 1.10 bits per heavy atom. The first kappa shape index (κ1) is 21.7. The van der Waals surface area contributed by atoms with Crippen LogP contribution in [-0.2, 0) is 11.3 Å². The molecule has 0 aromatic heterocycles. The van der Waals surface area contributed by atoms with Crippen LogP contribution in [0, 0.1) is 5.82 Å². The number of imide groups is 1. The minimum Gasteiger partial charge on any atom is -0.496 e. The number of hydrogen-bond donors (Lipinski definition) is 2. The Bertz CT molecular complexity index is 870. The van der Waals surface area contributed by atoms with Crippen molar-refractivity contribution in [3.05, 3.63) is 65.5 Å². The van der Waals surface area contributed by atoms with Crippen LogP contribution in [0.15, 0.2) is 48.5 Å². The fourth-order valence-electron chi connectivity index (χ4n) is 3.70. The van der Waals surface area contributed by atoms with Crippen LogP contribution in [0.25, 0.3) is 0 Å². The van der Waals surface area contributed by atoms with Crippen LogP contribution < -0.4 is 15.4 Å². The lowest BCUT2D eigenvalue weighted by Gasteiger charge is -2.38. The molecule has 30 heavy (non-hydrogen) atoms. The largest absolute Gasteiger partial charge is 0.496 e. The van der Waals surface area contributed by atoms with Crippen molar-refractivity contribution in [3.8, 4) is 5.75 Å². The lowest BCUT2D eigenvalue weighted by Crippen LogP contribution is -2.52. The minimum atomic E-state index is -0.561. The lowest BCUT2D eigenvalue weighted by molar-refractivity contribution is -0.126. The number of carbonyl (C=O) groups is 2. The first-order valence-electron chi connectivity index (χ1n) is 9.88. The summed E-state index contributed by atoms with van der Waals surface area (Å²) in [4.78, 5) is 28.8. The summed E-state index contributed by atoms with van der Waals surface area (Å²) in [7, 11) is 3.05. The van der Waals surface area contributed by atoms with Gasteiger partial charge in [-0.2, -0.15) is 0 Å². The molecule has 8 heteroatoms. The number of urea groups is 1. The molecule has 1 fully saturated rings. The number of methoxy groups -OCH3 is 1. The fraction of sp³-hybridized carbons (Fsp3) is 0.364. The molecule has 1 aliphatic rings. The summed E-state index contributed by atoms with van der Waals surface area (Å²) >= 11 is 0. The molecule has 2 aromatic rings. The summed E-state index contributed by atoms with van der Waals surface area (Å²) in [5.41, 5.74) is 1.63. The number of nitrogens with zero attached hydrogens (tertiary/aromatic N) is 2. The molecule has 0 unspecified atom stereocenters. The normalized spacial score (nSPS) is 16.0. The first-order chi connectivity index (χ1) is 14.5. The van der Waals surface area contributed by atoms with E-state index in [-0.39, 0.29) is 11.7 Å². The van der Waals surface area contributed by atoms with E-state index in [2.05, 4.69) is 20.4 Å². The van der Waals surface area contributed by atoms with E-state index < -0.39 is 12.1 Å². The maximum absolute atomic E-state index is 13.7. The zero-order valence-electron chi connectivity index (χ0n) is 17.2. The third kappa shape index (κ3) is 5.34. The molecular formula is C22H27FN4O3. The van der Waals surface area contributed by atoms with E-state index in [1.807, 2.05) is 30.3 Å². The van der Waals surface area contributed by atoms with Gasteiger partial charge in [0.1, 0.15) is 17.6 Å². The molecule has 0 spiro atoms. The number of carbonyl (C=O) groups excluding carboxylic acids is 2. The summed E-state index contributed by atoms with van der Waals surface area (Å²) < 4.78 is 19.0. The Kier molecular flexibility index (Phi) is 7.37. The maximum atomic E-state index is 13.7. The molecule has 1 heterocycles. The van der Waals surface area contributed by atoms with Crippen molar-refractivity contribution in [1.82, 2.24) is 20.4 Å². The Balaban J connectivity index is 1.69. The number of piperazine rings is 1. The van der Waals surface area contributed by atoms with Crippen LogP contribution in [0.2, 0.25) is 0 Å². The highest BCUT2D eigenvalue weighted by Gasteiger charge is 2.31. The molecule has 2 aromatic carbocycles. The van der Waals surface area contributed by atoms with Gasteiger partial charge >= 0.3 is 6.03 Å². The molecule has 3 amide bonds. The SMILES string of the molecule is CNC(=O)NC(=O)[C@@H](c1ccccc1)N1CCN(Cc2cc(F)ccc2OC)CC1. The number of ether oxygens (including phenoxy) is 1. The van der Waals surface area contributed by atoms with Crippen LogP contribution in [0.4, 0.5) is 9.18 Å². The van der Waals surface area contributed by atoms with Gasteiger partial charge in [0, 0.05) is 45.3 Å². The predicted molar refractivity (Wildman–Crippen MR) is 112 cm³/mol. The van der Waals surface area contributed by atoms with Gasteiger partial charge in [0.2, 0.25) is 5.91 Å². The third-order valence-electron chi connectivity index (χ3n) is 5.24. The minimum absolute atomic E-state index is 0.292. The van der Waals surface area contributed by atoms with E-state index in [4.69, 9.17) is 4.74 Å². The van der Waals surface area contributed by atoms with Gasteiger partial charge in [-0.15, -0.1) is 0 Å². The number of hydrogen-bond acceptors (Lipinski definition) is 5. The van der Waals surface area contributed by atoms with Gasteiger partial charge in [-0.3, -0.25) is 19.9 Å². The van der Waals surface area contributed by atoms with Crippen molar-refractivity contribution in [3.63, 3.8) is 0 Å². The van der Waals surface area contributed by atoms with Crippen molar-refractivity contribution < 1.29 is 18.7 Å². The second kappa shape index (κ2) is 10.2. The Labute approximate surface area is 175 Å². The van der Waals surface area contributed by atoms with E-state index >= 15 is 0 Å². The molecule has 1 aliphatic heterocycles. The number of amides is 3. The van der Waals surface area contributed by atoms with Crippen LogP contribution in [0.3, 0.4) is 0 Å². The highest BCUT2D eigenvalue weighted by molar-refractivity contribution is 5.97. The zero-order chi connectivity index (χ0) is 21.5. The number of nitrogens with one attached hydrogen (secondary N) is 2. The summed E-state index contributed by atoms with van der Waals surface area (Å²) in [5.74, 6) is 0.00574. The number of rotatable bonds is 6. The molecule has 1 saturated heterocycles. The zero-order valence-corrected chi connectivity index (χ0v) is 17.2. The van der Waals surface area contributed by atoms with Crippen molar-refractivity contribution >= 4 is 11.9 Å². The van der Waals surface area contributed by atoms with E-state index in [1.165, 1.54) is 19.2 Å². The van der Waals surface area contributed by atoms with Gasteiger partial charge in [-0.1, -0.05) is 30.3 Å². The lowest BCUT2D eigenvalue weighted by atomic mass is 10.0. The smallest absolute Gasteiger partial charge is 0.321 e. The van der Waals surface area contributed by atoms with Gasteiger partial charge in [-0.25, -0.2) is 9.18 Å². The van der Waals surface area contributed by atoms with E-state index in [1.54, 1.807) is 13.2 Å². The van der Waals surface area contributed by atoms with Gasteiger partial charge in [-0.05, 0) is 23.8 Å². The molecule has 0 radical (unpaired) electrons. The average molecular weight is 414 g/mol. The Morgan fingerprint density at radius 2 is 1.80 bits per heavy atom. The van der Waals surface area contributed by atoms with Gasteiger partial charge in [0.05, 0.1) is 7.11 Å². The molecule has 0 saturated carbocycles. The van der Waals surface area contributed by atoms with Gasteiger partial charge in [0.25, 0.3) is 0 Å². The van der Waals surface area contributed by atoms with E-state index in [9.17, 15) is 14.0 Å². The fourth-order valence-corrected chi connectivity index (χ4v) is 3.70. The molecule has 2 N–H and O–H groups in total. The van der Waals surface area contributed by atoms with Crippen molar-refractivity contribution in [2.45, 2.75) is 12.6 Å². The third-order valence-corrected chi connectivity index (χ3v) is 5.24. The molecule has 0 bridgehead atoms. The predicted octanol–water partition coefficient (Wildman–Crippen LogP) is 2.15. The summed E-state index contributed by atoms with van der Waals surface area (Å²) in [6.07, 6.45) is 0. The Hall–Kier alpha value is -2.97. The van der Waals surface area contributed by atoms with Gasteiger partial charge in [0.15, 0.2) is 0 Å². The summed E-state index contributed by atoms with van der Waals surface area (Å²) in [6, 6.07) is 12.8. The molecule has 1 atom stereocenters. The molecule has 0 aliphatic carbocycles. The standard InChI is InChI=1S/C22H27FN4O3/c1-24-22(29)25-21(28)20(16-6-4-3-5-7-16)27-12-10-26(11-13-27)15-17-14-18(23)8-9-19(17)30-2/h3-9,14,20H,10-13,15H2,1-2H3,(H2,24,25,28,29)/t20-/m1/s1. The quantitative estimate of drug-likeness (QED) is 0.758. The number of halogens is 1. The second-order valence-electron chi connectivity index (χ2n) is 7.15. The molecular weight excluding hydrogens is 387 g/mol. The van der Waals surface area contributed by atoms with E-state index in [0.29, 0.717) is 38.5 Å². The molecule has 3 rings (SSSR count). The summed E-state index contributed by atoms with van der Waals surface area (Å²) in [6.45, 7) is 3.25. The average Bonchev–Trinajstić information content (AvgIpc) is 2.76. The van der Waals surface area contributed by atoms with Gasteiger partial charge < -0.3 is 10.1 Å². The topological polar surface area (TPSA) is 73.9 Å². The van der Waals surface area contributed by atoms with Crippen LogP contribution in [0.5, 0.6) is 5.75 Å². The Morgan fingerprint density at radius 3 is 2.43 bits per heavy atom. The van der Waals surface area contributed by atoms with Crippen molar-refractivity contribution in [2.75, 3.05) is 40.3 Å². The second-order valence-corrected chi connectivity index (χ2v) is 7.15. The summed E-state index contributed by atoms with van der Waals surface area (Å²) in [5, 5.41) is 4.81. The highest BCUT2D eigenvalue weighted by atomic mass is 19.1. The van der Waals surface area contributed by atoms with Crippen molar-refractivity contribution in [1.29, 1.82) is 0 Å². The van der Waals surface area contributed by atoms with Crippen LogP contribution in [-0.4, -0.2) is 62.1 Å². The first-order valence-corrected chi connectivity index (χ1v) is 9.88. The molecule has 7 nitrogen and oxygen atoms in total. The highest BCUT2D eigenvalue weighted by Crippen LogP contribution is 2.25. The van der Waals surface area contributed by atoms with Crippen LogP contribution in [0.1, 0.15) is 17.2 Å². The van der Waals surface area contributed by atoms with Crippen LogP contribution >= 0.6 is 0 Å². The maximum Gasteiger partial charge on any atom is 0.321 e.